The number of likely N-dealkylation sites (N-methyl/N-ethyl adjacent to an activating group) is 1. The van der Waals surface area contributed by atoms with Gasteiger partial charge in [0.15, 0.2) is 0 Å². The Morgan fingerprint density at radius 1 is 1.40 bits per heavy atom. The van der Waals surface area contributed by atoms with E-state index in [0.29, 0.717) is 6.54 Å². The molecule has 0 amide bonds. The molecule has 0 aliphatic rings. The smallest absolute Gasteiger partial charge is 0.318 e. The largest absolute Gasteiger partial charge is 0.418 e. The maximum Gasteiger partial charge on any atom is 0.418 e. The lowest BCUT2D eigenvalue weighted by Gasteiger charge is -2.12. The van der Waals surface area contributed by atoms with Gasteiger partial charge < -0.3 is 5.32 Å². The summed E-state index contributed by atoms with van der Waals surface area (Å²) in [6.07, 6.45) is -4.58. The van der Waals surface area contributed by atoms with Crippen LogP contribution in [0, 0.1) is 0 Å². The van der Waals surface area contributed by atoms with Crippen LogP contribution >= 0.6 is 11.6 Å². The molecule has 1 heterocycles. The molecule has 0 spiro atoms. The molecule has 1 N–H and O–H groups in total. The van der Waals surface area contributed by atoms with E-state index in [-0.39, 0.29) is 17.2 Å². The van der Waals surface area contributed by atoms with Crippen LogP contribution in [-0.4, -0.2) is 23.1 Å². The fraction of sp³-hybridized carbons (Fsp3) is 0.333. The van der Waals surface area contributed by atoms with E-state index in [1.54, 1.807) is 7.05 Å². The molecule has 4 nitrogen and oxygen atoms in total. The molecule has 0 atom stereocenters. The number of benzene rings is 1. The Kier molecular flexibility index (Phi) is 4.01. The summed E-state index contributed by atoms with van der Waals surface area (Å²) >= 11 is 5.82. The summed E-state index contributed by atoms with van der Waals surface area (Å²) in [4.78, 5) is 15.9. The summed E-state index contributed by atoms with van der Waals surface area (Å²) < 4.78 is 39.8. The van der Waals surface area contributed by atoms with Crippen LogP contribution in [0.4, 0.5) is 13.2 Å². The number of para-hydroxylation sites is 1. The zero-order chi connectivity index (χ0) is 14.9. The van der Waals surface area contributed by atoms with Gasteiger partial charge in [0, 0.05) is 13.1 Å². The topological polar surface area (TPSA) is 46.9 Å². The van der Waals surface area contributed by atoms with Gasteiger partial charge in [-0.1, -0.05) is 6.07 Å². The van der Waals surface area contributed by atoms with Crippen LogP contribution in [-0.2, 0) is 12.7 Å². The molecule has 0 aliphatic heterocycles. The molecule has 1 aromatic heterocycles. The first-order valence-corrected chi connectivity index (χ1v) is 6.15. The highest BCUT2D eigenvalue weighted by Gasteiger charge is 2.33. The van der Waals surface area contributed by atoms with Crippen molar-refractivity contribution in [3.05, 3.63) is 39.4 Å². The summed E-state index contributed by atoms with van der Waals surface area (Å²) in [5.74, 6) is 0. The number of fused-ring (bicyclic) bond motifs is 1. The van der Waals surface area contributed by atoms with Gasteiger partial charge in [-0.25, -0.2) is 4.98 Å². The average molecular weight is 306 g/mol. The lowest BCUT2D eigenvalue weighted by atomic mass is 10.1. The minimum Gasteiger partial charge on any atom is -0.318 e. The Morgan fingerprint density at radius 3 is 2.70 bits per heavy atom. The molecular weight excluding hydrogens is 295 g/mol. The zero-order valence-electron chi connectivity index (χ0n) is 10.5. The highest BCUT2D eigenvalue weighted by Crippen LogP contribution is 2.33. The van der Waals surface area contributed by atoms with Crippen molar-refractivity contribution in [2.24, 2.45) is 0 Å². The van der Waals surface area contributed by atoms with E-state index >= 15 is 0 Å². The third-order valence-corrected chi connectivity index (χ3v) is 3.12. The summed E-state index contributed by atoms with van der Waals surface area (Å²) in [5, 5.41) is 2.48. The molecule has 0 fully saturated rings. The van der Waals surface area contributed by atoms with Crippen LogP contribution in [0.25, 0.3) is 10.9 Å². The lowest BCUT2D eigenvalue weighted by Crippen LogP contribution is -2.27. The normalized spacial score (nSPS) is 12.1. The predicted molar refractivity (Wildman–Crippen MR) is 69.9 cm³/mol. The molecule has 1 aromatic carbocycles. The van der Waals surface area contributed by atoms with Gasteiger partial charge in [0.2, 0.25) is 5.28 Å². The Bertz CT molecular complexity index is 697. The molecule has 0 bridgehead atoms. The second-order valence-electron chi connectivity index (χ2n) is 4.14. The molecule has 0 saturated carbocycles. The van der Waals surface area contributed by atoms with Crippen molar-refractivity contribution in [1.82, 2.24) is 14.9 Å². The molecule has 8 heteroatoms. The molecule has 0 radical (unpaired) electrons. The van der Waals surface area contributed by atoms with Gasteiger partial charge in [0.05, 0.1) is 16.5 Å². The Labute approximate surface area is 117 Å². The van der Waals surface area contributed by atoms with Crippen molar-refractivity contribution < 1.29 is 13.2 Å². The summed E-state index contributed by atoms with van der Waals surface area (Å²) in [6, 6.07) is 3.37. The molecule has 2 aromatic rings. The van der Waals surface area contributed by atoms with Crippen LogP contribution in [0.5, 0.6) is 0 Å². The van der Waals surface area contributed by atoms with Crippen molar-refractivity contribution in [2.75, 3.05) is 13.6 Å². The maximum atomic E-state index is 12.9. The zero-order valence-corrected chi connectivity index (χ0v) is 11.2. The van der Waals surface area contributed by atoms with E-state index < -0.39 is 22.8 Å². The molecule has 20 heavy (non-hydrogen) atoms. The fourth-order valence-corrected chi connectivity index (χ4v) is 2.11. The second kappa shape index (κ2) is 5.41. The van der Waals surface area contributed by atoms with Crippen molar-refractivity contribution >= 4 is 22.5 Å². The van der Waals surface area contributed by atoms with Crippen LogP contribution in [0.15, 0.2) is 23.0 Å². The van der Waals surface area contributed by atoms with Gasteiger partial charge in [-0.05, 0) is 30.8 Å². The summed E-state index contributed by atoms with van der Waals surface area (Å²) in [6.45, 7) is 0.680. The standard InChI is InChI=1S/C12H11ClF3N3O/c1-17-5-6-19-10(20)7-3-2-4-8(12(14,15)16)9(7)18-11(19)13/h2-4,17H,5-6H2,1H3. The molecule has 2 rings (SSSR count). The minimum atomic E-state index is -4.58. The number of hydrogen-bond donors (Lipinski definition) is 1. The minimum absolute atomic E-state index is 0.0969. The predicted octanol–water partition coefficient (Wildman–Crippen LogP) is 2.29. The van der Waals surface area contributed by atoms with Gasteiger partial charge in [0.1, 0.15) is 0 Å². The number of nitrogens with one attached hydrogen (secondary N) is 1. The molecular formula is C12H11ClF3N3O. The highest BCUT2D eigenvalue weighted by molar-refractivity contribution is 6.28. The number of halogens is 4. The third-order valence-electron chi connectivity index (χ3n) is 2.83. The average Bonchev–Trinajstić information content (AvgIpc) is 2.37. The Balaban J connectivity index is 2.73. The molecule has 0 unspecified atom stereocenters. The van der Waals surface area contributed by atoms with E-state index in [2.05, 4.69) is 10.3 Å². The number of alkyl halides is 3. The second-order valence-corrected chi connectivity index (χ2v) is 4.48. The van der Waals surface area contributed by atoms with Gasteiger partial charge >= 0.3 is 6.18 Å². The van der Waals surface area contributed by atoms with Crippen molar-refractivity contribution in [1.29, 1.82) is 0 Å². The number of rotatable bonds is 3. The van der Waals surface area contributed by atoms with E-state index in [4.69, 9.17) is 11.6 Å². The monoisotopic (exact) mass is 305 g/mol. The first kappa shape index (κ1) is 14.8. The lowest BCUT2D eigenvalue weighted by molar-refractivity contribution is -0.136. The van der Waals surface area contributed by atoms with Gasteiger partial charge in [0.25, 0.3) is 5.56 Å². The van der Waals surface area contributed by atoms with Crippen molar-refractivity contribution in [2.45, 2.75) is 12.7 Å². The first-order valence-electron chi connectivity index (χ1n) is 5.77. The molecule has 0 saturated heterocycles. The van der Waals surface area contributed by atoms with Crippen molar-refractivity contribution in [3.63, 3.8) is 0 Å². The van der Waals surface area contributed by atoms with E-state index in [9.17, 15) is 18.0 Å². The maximum absolute atomic E-state index is 12.9. The van der Waals surface area contributed by atoms with E-state index in [1.165, 1.54) is 12.1 Å². The first-order chi connectivity index (χ1) is 9.36. The summed E-state index contributed by atoms with van der Waals surface area (Å²) in [7, 11) is 1.69. The summed E-state index contributed by atoms with van der Waals surface area (Å²) in [5.41, 5.74) is -1.97. The van der Waals surface area contributed by atoms with Crippen LogP contribution < -0.4 is 10.9 Å². The van der Waals surface area contributed by atoms with E-state index in [0.717, 1.165) is 10.6 Å². The van der Waals surface area contributed by atoms with E-state index in [1.807, 2.05) is 0 Å². The van der Waals surface area contributed by atoms with Gasteiger partial charge in [-0.2, -0.15) is 13.2 Å². The number of aromatic nitrogens is 2. The highest BCUT2D eigenvalue weighted by atomic mass is 35.5. The SMILES string of the molecule is CNCCn1c(Cl)nc2c(C(F)(F)F)cccc2c1=O. The Hall–Kier alpha value is -1.60. The van der Waals surface area contributed by atoms with Crippen molar-refractivity contribution in [3.8, 4) is 0 Å². The van der Waals surface area contributed by atoms with Crippen LogP contribution in [0.1, 0.15) is 5.56 Å². The molecule has 108 valence electrons. The molecule has 0 aliphatic carbocycles. The third kappa shape index (κ3) is 2.64. The van der Waals surface area contributed by atoms with Gasteiger partial charge in [-0.3, -0.25) is 9.36 Å². The van der Waals surface area contributed by atoms with Crippen LogP contribution in [0.2, 0.25) is 5.28 Å². The Morgan fingerprint density at radius 2 is 2.10 bits per heavy atom. The van der Waals surface area contributed by atoms with Crippen LogP contribution in [0.3, 0.4) is 0 Å². The number of hydrogen-bond acceptors (Lipinski definition) is 3. The number of nitrogens with zero attached hydrogens (tertiary/aromatic N) is 2. The quantitative estimate of drug-likeness (QED) is 0.885. The van der Waals surface area contributed by atoms with Gasteiger partial charge in [-0.15, -0.1) is 0 Å². The fourth-order valence-electron chi connectivity index (χ4n) is 1.86.